The second-order valence-electron chi connectivity index (χ2n) is 7.94. The molecule has 0 saturated heterocycles. The lowest BCUT2D eigenvalue weighted by Gasteiger charge is -2.20. The molecule has 0 unspecified atom stereocenters. The highest BCUT2D eigenvalue weighted by Crippen LogP contribution is 2.27. The van der Waals surface area contributed by atoms with Crippen LogP contribution in [0.2, 0.25) is 0 Å². The van der Waals surface area contributed by atoms with Gasteiger partial charge in [0.1, 0.15) is 16.5 Å². The van der Waals surface area contributed by atoms with Crippen molar-refractivity contribution in [2.24, 2.45) is 0 Å². The fourth-order valence-corrected chi connectivity index (χ4v) is 3.97. The van der Waals surface area contributed by atoms with Crippen molar-refractivity contribution in [3.8, 4) is 16.3 Å². The molecule has 1 aromatic heterocycles. The standard InChI is InChI=1S/C25H29N3O3S/c1-6-28(15-18-7-9-20(10-8-18)24(29)27(4)5)25(30)22-16-32-23(26-22)19-11-13-21(14-12-19)31-17(2)3/h7-14,16-17H,6,15H2,1-5H3. The molecule has 0 aliphatic rings. The number of thiazole rings is 1. The molecule has 3 rings (SSSR count). The van der Waals surface area contributed by atoms with E-state index in [1.54, 1.807) is 41.4 Å². The van der Waals surface area contributed by atoms with E-state index in [1.807, 2.05) is 57.2 Å². The molecule has 3 aromatic rings. The molecule has 0 fully saturated rings. The van der Waals surface area contributed by atoms with Crippen LogP contribution in [-0.4, -0.2) is 53.3 Å². The Balaban J connectivity index is 1.69. The number of ether oxygens (including phenoxy) is 1. The number of carbonyl (C=O) groups is 2. The van der Waals surface area contributed by atoms with Crippen LogP contribution in [0.5, 0.6) is 5.75 Å². The van der Waals surface area contributed by atoms with Gasteiger partial charge in [0.25, 0.3) is 11.8 Å². The third-order valence-electron chi connectivity index (χ3n) is 4.85. The Bertz CT molecular complexity index is 1060. The molecule has 2 aromatic carbocycles. The monoisotopic (exact) mass is 451 g/mol. The van der Waals surface area contributed by atoms with Gasteiger partial charge in [-0.2, -0.15) is 0 Å². The molecule has 0 spiro atoms. The van der Waals surface area contributed by atoms with Gasteiger partial charge in [0, 0.05) is 43.7 Å². The highest BCUT2D eigenvalue weighted by atomic mass is 32.1. The minimum absolute atomic E-state index is 0.0428. The highest BCUT2D eigenvalue weighted by Gasteiger charge is 2.19. The van der Waals surface area contributed by atoms with Gasteiger partial charge >= 0.3 is 0 Å². The summed E-state index contributed by atoms with van der Waals surface area (Å²) in [6.07, 6.45) is 0.120. The van der Waals surface area contributed by atoms with E-state index in [0.29, 0.717) is 24.3 Å². The molecule has 32 heavy (non-hydrogen) atoms. The maximum absolute atomic E-state index is 13.1. The fourth-order valence-electron chi connectivity index (χ4n) is 3.17. The van der Waals surface area contributed by atoms with Crippen LogP contribution in [0, 0.1) is 0 Å². The molecule has 0 saturated carbocycles. The van der Waals surface area contributed by atoms with Gasteiger partial charge in [-0.25, -0.2) is 4.98 Å². The molecule has 2 amide bonds. The molecule has 0 aliphatic heterocycles. The van der Waals surface area contributed by atoms with Crippen LogP contribution in [-0.2, 0) is 6.54 Å². The fraction of sp³-hybridized carbons (Fsp3) is 0.320. The smallest absolute Gasteiger partial charge is 0.273 e. The Morgan fingerprint density at radius 1 is 1.00 bits per heavy atom. The van der Waals surface area contributed by atoms with Gasteiger partial charge in [0.15, 0.2) is 0 Å². The molecular formula is C25H29N3O3S. The van der Waals surface area contributed by atoms with Crippen LogP contribution < -0.4 is 4.74 Å². The van der Waals surface area contributed by atoms with Gasteiger partial charge < -0.3 is 14.5 Å². The predicted molar refractivity (Wildman–Crippen MR) is 128 cm³/mol. The highest BCUT2D eigenvalue weighted by molar-refractivity contribution is 7.13. The lowest BCUT2D eigenvalue weighted by atomic mass is 10.1. The van der Waals surface area contributed by atoms with Crippen LogP contribution in [0.3, 0.4) is 0 Å². The number of hydrogen-bond acceptors (Lipinski definition) is 5. The number of rotatable bonds is 8. The summed E-state index contributed by atoms with van der Waals surface area (Å²) in [7, 11) is 3.45. The number of carbonyl (C=O) groups excluding carboxylic acids is 2. The molecule has 0 bridgehead atoms. The van der Waals surface area contributed by atoms with Gasteiger partial charge in [-0.15, -0.1) is 11.3 Å². The maximum Gasteiger partial charge on any atom is 0.273 e. The van der Waals surface area contributed by atoms with E-state index in [1.165, 1.54) is 11.3 Å². The number of aromatic nitrogens is 1. The van der Waals surface area contributed by atoms with E-state index >= 15 is 0 Å². The Hall–Kier alpha value is -3.19. The second kappa shape index (κ2) is 10.4. The van der Waals surface area contributed by atoms with Gasteiger partial charge in [0.05, 0.1) is 6.10 Å². The van der Waals surface area contributed by atoms with Crippen molar-refractivity contribution in [1.82, 2.24) is 14.8 Å². The summed E-state index contributed by atoms with van der Waals surface area (Å²) in [5, 5.41) is 2.60. The normalized spacial score (nSPS) is 10.8. The van der Waals surface area contributed by atoms with Crippen molar-refractivity contribution in [2.75, 3.05) is 20.6 Å². The Kier molecular flexibility index (Phi) is 7.64. The summed E-state index contributed by atoms with van der Waals surface area (Å²) in [6, 6.07) is 15.1. The van der Waals surface area contributed by atoms with Crippen LogP contribution in [0.4, 0.5) is 0 Å². The van der Waals surface area contributed by atoms with Crippen LogP contribution in [0.25, 0.3) is 10.6 Å². The minimum Gasteiger partial charge on any atom is -0.491 e. The van der Waals surface area contributed by atoms with E-state index < -0.39 is 0 Å². The molecule has 168 valence electrons. The summed E-state index contributed by atoms with van der Waals surface area (Å²) >= 11 is 1.45. The summed E-state index contributed by atoms with van der Waals surface area (Å²) in [5.74, 6) is 0.661. The number of hydrogen-bond donors (Lipinski definition) is 0. The van der Waals surface area contributed by atoms with Crippen molar-refractivity contribution in [2.45, 2.75) is 33.4 Å². The van der Waals surface area contributed by atoms with Gasteiger partial charge in [0.2, 0.25) is 0 Å². The van der Waals surface area contributed by atoms with Gasteiger partial charge in [-0.3, -0.25) is 9.59 Å². The topological polar surface area (TPSA) is 62.7 Å². The van der Waals surface area contributed by atoms with E-state index in [4.69, 9.17) is 4.74 Å². The molecular weight excluding hydrogens is 422 g/mol. The van der Waals surface area contributed by atoms with E-state index in [0.717, 1.165) is 21.9 Å². The number of nitrogens with zero attached hydrogens (tertiary/aromatic N) is 3. The third kappa shape index (κ3) is 5.73. The average molecular weight is 452 g/mol. The average Bonchev–Trinajstić information content (AvgIpc) is 3.27. The minimum atomic E-state index is -0.108. The first-order valence-electron chi connectivity index (χ1n) is 10.6. The SMILES string of the molecule is CCN(Cc1ccc(C(=O)N(C)C)cc1)C(=O)c1csc(-c2ccc(OC(C)C)cc2)n1. The van der Waals surface area contributed by atoms with E-state index in [-0.39, 0.29) is 17.9 Å². The third-order valence-corrected chi connectivity index (χ3v) is 5.74. The van der Waals surface area contributed by atoms with Gasteiger partial charge in [-0.1, -0.05) is 12.1 Å². The van der Waals surface area contributed by atoms with Crippen LogP contribution in [0.15, 0.2) is 53.9 Å². The summed E-state index contributed by atoms with van der Waals surface area (Å²) < 4.78 is 5.68. The summed E-state index contributed by atoms with van der Waals surface area (Å²) in [5.41, 5.74) is 2.98. The van der Waals surface area contributed by atoms with Crippen molar-refractivity contribution in [3.05, 3.63) is 70.7 Å². The first-order chi connectivity index (χ1) is 15.3. The molecule has 7 heteroatoms. The van der Waals surface area contributed by atoms with Crippen molar-refractivity contribution >= 4 is 23.2 Å². The molecule has 0 radical (unpaired) electrons. The van der Waals surface area contributed by atoms with Crippen molar-refractivity contribution in [3.63, 3.8) is 0 Å². The van der Waals surface area contributed by atoms with Gasteiger partial charge in [-0.05, 0) is 62.7 Å². The summed E-state index contributed by atoms with van der Waals surface area (Å²) in [4.78, 5) is 33.0. The quantitative estimate of drug-likeness (QED) is 0.486. The first kappa shape index (κ1) is 23.5. The molecule has 0 N–H and O–H groups in total. The van der Waals surface area contributed by atoms with E-state index in [2.05, 4.69) is 4.98 Å². The second-order valence-corrected chi connectivity index (χ2v) is 8.80. The lowest BCUT2D eigenvalue weighted by molar-refractivity contribution is 0.0746. The number of benzene rings is 2. The Morgan fingerprint density at radius 3 is 2.22 bits per heavy atom. The molecule has 1 heterocycles. The van der Waals surface area contributed by atoms with Crippen molar-refractivity contribution in [1.29, 1.82) is 0 Å². The van der Waals surface area contributed by atoms with Crippen LogP contribution in [0.1, 0.15) is 47.2 Å². The predicted octanol–water partition coefficient (Wildman–Crippen LogP) is 4.96. The maximum atomic E-state index is 13.1. The van der Waals surface area contributed by atoms with Crippen molar-refractivity contribution < 1.29 is 14.3 Å². The first-order valence-corrected chi connectivity index (χ1v) is 11.5. The zero-order valence-electron chi connectivity index (χ0n) is 19.2. The Labute approximate surface area is 193 Å². The number of amides is 2. The van der Waals surface area contributed by atoms with Crippen LogP contribution >= 0.6 is 11.3 Å². The Morgan fingerprint density at radius 2 is 1.66 bits per heavy atom. The zero-order chi connectivity index (χ0) is 23.3. The molecule has 6 nitrogen and oxygen atoms in total. The summed E-state index contributed by atoms with van der Waals surface area (Å²) in [6.45, 7) is 6.95. The molecule has 0 atom stereocenters. The zero-order valence-corrected chi connectivity index (χ0v) is 20.0. The molecule has 0 aliphatic carbocycles. The lowest BCUT2D eigenvalue weighted by Crippen LogP contribution is -2.30. The van der Waals surface area contributed by atoms with E-state index in [9.17, 15) is 9.59 Å². The largest absolute Gasteiger partial charge is 0.491 e.